The quantitative estimate of drug-likeness (QED) is 0.460. The van der Waals surface area contributed by atoms with E-state index in [4.69, 9.17) is 5.73 Å². The molecule has 0 bridgehead atoms. The number of hydrogen-bond acceptors (Lipinski definition) is 3. The van der Waals surface area contributed by atoms with E-state index in [9.17, 15) is 31.1 Å². The minimum atomic E-state index is -4.91. The summed E-state index contributed by atoms with van der Waals surface area (Å²) in [5.41, 5.74) is 3.70. The molecule has 0 unspecified atom stereocenters. The van der Waals surface area contributed by atoms with Crippen LogP contribution < -0.4 is 11.2 Å². The molecule has 1 aromatic heterocycles. The Morgan fingerprint density at radius 2 is 1.60 bits per heavy atom. The van der Waals surface area contributed by atoms with Gasteiger partial charge in [0.15, 0.2) is 0 Å². The van der Waals surface area contributed by atoms with Crippen molar-refractivity contribution in [2.45, 2.75) is 12.4 Å². The molecule has 0 fully saturated rings. The minimum Gasteiger partial charge on any atom is -0.350 e. The second kappa shape index (κ2) is 6.75. The number of nitrogens with zero attached hydrogens (tertiary/aromatic N) is 1. The lowest BCUT2D eigenvalue weighted by atomic mass is 10.0. The fourth-order valence-electron chi connectivity index (χ4n) is 1.83. The molecule has 2 amide bonds. The summed E-state index contributed by atoms with van der Waals surface area (Å²) in [5.74, 6) is 0. The van der Waals surface area contributed by atoms with Gasteiger partial charge in [-0.05, 0) is 35.9 Å². The van der Waals surface area contributed by atoms with Crippen molar-refractivity contribution in [3.05, 3.63) is 46.3 Å². The molecule has 25 heavy (non-hydrogen) atoms. The highest BCUT2D eigenvalue weighted by atomic mass is 32.1. The molecular weight excluding hydrogens is 372 g/mol. The fourth-order valence-corrected chi connectivity index (χ4v) is 2.70. The van der Waals surface area contributed by atoms with Gasteiger partial charge in [-0.3, -0.25) is 0 Å². The standard InChI is InChI=1S/C14H9F6N3OS/c15-13(16,17)8-3-7(4-9(5-8)14(18,19)20)11-2-1-10(25-11)6-22-23-12(21)24/h1-6H,(H3,21,23,24)/b22-6-. The number of halogens is 6. The molecule has 0 spiro atoms. The minimum absolute atomic E-state index is 0.0657. The number of carbonyl (C=O) groups excluding carboxylic acids is 1. The zero-order chi connectivity index (χ0) is 18.8. The Labute approximate surface area is 140 Å². The number of rotatable bonds is 3. The molecule has 0 saturated carbocycles. The average Bonchev–Trinajstić information content (AvgIpc) is 2.93. The number of nitrogens with one attached hydrogen (secondary N) is 1. The van der Waals surface area contributed by atoms with E-state index < -0.39 is 29.5 Å². The Bertz CT molecular complexity index is 777. The van der Waals surface area contributed by atoms with Gasteiger partial charge in [0.2, 0.25) is 0 Å². The van der Waals surface area contributed by atoms with E-state index >= 15 is 0 Å². The van der Waals surface area contributed by atoms with Crippen molar-refractivity contribution in [2.75, 3.05) is 0 Å². The Hall–Kier alpha value is -2.56. The number of nitrogens with two attached hydrogens (primary N) is 1. The summed E-state index contributed by atoms with van der Waals surface area (Å²) in [6.45, 7) is 0. The maximum Gasteiger partial charge on any atom is 0.416 e. The third-order valence-electron chi connectivity index (χ3n) is 2.87. The van der Waals surface area contributed by atoms with E-state index in [1.54, 1.807) is 0 Å². The van der Waals surface area contributed by atoms with Crippen molar-refractivity contribution in [3.63, 3.8) is 0 Å². The van der Waals surface area contributed by atoms with E-state index in [1.165, 1.54) is 12.1 Å². The average molecular weight is 381 g/mol. The molecule has 2 aromatic rings. The van der Waals surface area contributed by atoms with Gasteiger partial charge in [-0.25, -0.2) is 10.2 Å². The number of benzene rings is 1. The van der Waals surface area contributed by atoms with Crippen molar-refractivity contribution in [3.8, 4) is 10.4 Å². The van der Waals surface area contributed by atoms with E-state index in [-0.39, 0.29) is 16.5 Å². The number of urea groups is 1. The number of primary amides is 1. The Kier molecular flexibility index (Phi) is 5.07. The highest BCUT2D eigenvalue weighted by molar-refractivity contribution is 7.17. The van der Waals surface area contributed by atoms with Crippen molar-refractivity contribution in [1.29, 1.82) is 0 Å². The molecule has 2 rings (SSSR count). The summed E-state index contributed by atoms with van der Waals surface area (Å²) in [4.78, 5) is 11.0. The molecule has 134 valence electrons. The molecule has 0 aliphatic heterocycles. The number of amides is 2. The maximum absolute atomic E-state index is 12.9. The van der Waals surface area contributed by atoms with Crippen LogP contribution in [-0.2, 0) is 12.4 Å². The van der Waals surface area contributed by atoms with E-state index in [2.05, 4.69) is 5.10 Å². The first kappa shape index (κ1) is 18.8. The lowest BCUT2D eigenvalue weighted by molar-refractivity contribution is -0.143. The van der Waals surface area contributed by atoms with Crippen molar-refractivity contribution >= 4 is 23.6 Å². The van der Waals surface area contributed by atoms with E-state index in [0.717, 1.165) is 17.6 Å². The summed E-state index contributed by atoms with van der Waals surface area (Å²) < 4.78 is 77.2. The molecule has 0 aliphatic rings. The van der Waals surface area contributed by atoms with Gasteiger partial charge in [0, 0.05) is 9.75 Å². The summed E-state index contributed by atoms with van der Waals surface area (Å²) >= 11 is 0.900. The molecule has 0 aliphatic carbocycles. The van der Waals surface area contributed by atoms with Crippen molar-refractivity contribution in [2.24, 2.45) is 10.8 Å². The fraction of sp³-hybridized carbons (Fsp3) is 0.143. The van der Waals surface area contributed by atoms with Crippen LogP contribution in [0, 0.1) is 0 Å². The van der Waals surface area contributed by atoms with E-state index in [1.807, 2.05) is 5.43 Å². The van der Waals surface area contributed by atoms with Crippen molar-refractivity contribution in [1.82, 2.24) is 5.43 Å². The second-order valence-electron chi connectivity index (χ2n) is 4.73. The third kappa shape index (κ3) is 4.95. The third-order valence-corrected chi connectivity index (χ3v) is 3.93. The Morgan fingerprint density at radius 3 is 2.08 bits per heavy atom. The molecule has 1 aromatic carbocycles. The summed E-state index contributed by atoms with van der Waals surface area (Å²) in [7, 11) is 0. The second-order valence-corrected chi connectivity index (χ2v) is 5.85. The van der Waals surface area contributed by atoms with Gasteiger partial charge >= 0.3 is 18.4 Å². The molecule has 1 heterocycles. The van der Waals surface area contributed by atoms with Crippen LogP contribution in [-0.4, -0.2) is 12.2 Å². The van der Waals surface area contributed by atoms with Gasteiger partial charge in [0.1, 0.15) is 0 Å². The summed E-state index contributed by atoms with van der Waals surface area (Å²) in [6.07, 6.45) is -8.66. The zero-order valence-electron chi connectivity index (χ0n) is 12.1. The first-order chi connectivity index (χ1) is 11.5. The largest absolute Gasteiger partial charge is 0.416 e. The molecule has 3 N–H and O–H groups in total. The predicted molar refractivity (Wildman–Crippen MR) is 80.1 cm³/mol. The first-order valence-corrected chi connectivity index (χ1v) is 7.26. The van der Waals surface area contributed by atoms with Crippen molar-refractivity contribution < 1.29 is 31.1 Å². The highest BCUT2D eigenvalue weighted by Gasteiger charge is 2.37. The predicted octanol–water partition coefficient (Wildman–Crippen LogP) is 4.45. The lowest BCUT2D eigenvalue weighted by Crippen LogP contribution is -2.24. The topological polar surface area (TPSA) is 67.5 Å². The summed E-state index contributed by atoms with van der Waals surface area (Å²) in [6, 6.07) is 3.22. The number of thiophene rings is 1. The first-order valence-electron chi connectivity index (χ1n) is 6.45. The van der Waals surface area contributed by atoms with Crippen LogP contribution in [0.3, 0.4) is 0 Å². The molecule has 0 radical (unpaired) electrons. The van der Waals surface area contributed by atoms with Gasteiger partial charge in [0.05, 0.1) is 17.3 Å². The number of alkyl halides is 6. The lowest BCUT2D eigenvalue weighted by Gasteiger charge is -2.13. The number of carbonyl (C=O) groups is 1. The van der Waals surface area contributed by atoms with Crippen LogP contribution in [0.25, 0.3) is 10.4 Å². The van der Waals surface area contributed by atoms with Gasteiger partial charge < -0.3 is 5.73 Å². The number of hydrogen-bond donors (Lipinski definition) is 2. The molecule has 4 nitrogen and oxygen atoms in total. The summed E-state index contributed by atoms with van der Waals surface area (Å²) in [5, 5.41) is 3.46. The zero-order valence-corrected chi connectivity index (χ0v) is 12.9. The smallest absolute Gasteiger partial charge is 0.350 e. The van der Waals surface area contributed by atoms with Gasteiger partial charge in [-0.2, -0.15) is 31.4 Å². The monoisotopic (exact) mass is 381 g/mol. The molecule has 0 saturated heterocycles. The van der Waals surface area contributed by atoms with E-state index in [0.29, 0.717) is 17.0 Å². The van der Waals surface area contributed by atoms with Crippen LogP contribution in [0.4, 0.5) is 31.1 Å². The Morgan fingerprint density at radius 1 is 1.04 bits per heavy atom. The van der Waals surface area contributed by atoms with Crippen LogP contribution in [0.5, 0.6) is 0 Å². The highest BCUT2D eigenvalue weighted by Crippen LogP contribution is 2.39. The van der Waals surface area contributed by atoms with Crippen LogP contribution in [0.2, 0.25) is 0 Å². The SMILES string of the molecule is NC(=O)N/N=C\c1ccc(-c2cc(C(F)(F)F)cc(C(F)(F)F)c2)s1. The van der Waals surface area contributed by atoms with Crippen LogP contribution >= 0.6 is 11.3 Å². The molecule has 11 heteroatoms. The number of hydrazone groups is 1. The normalized spacial score (nSPS) is 12.6. The Balaban J connectivity index is 2.43. The van der Waals surface area contributed by atoms with Crippen LogP contribution in [0.15, 0.2) is 35.4 Å². The van der Waals surface area contributed by atoms with Gasteiger partial charge in [-0.1, -0.05) is 0 Å². The molecule has 0 atom stereocenters. The maximum atomic E-state index is 12.9. The van der Waals surface area contributed by atoms with Gasteiger partial charge in [0.25, 0.3) is 0 Å². The van der Waals surface area contributed by atoms with Gasteiger partial charge in [-0.15, -0.1) is 11.3 Å². The van der Waals surface area contributed by atoms with Crippen LogP contribution in [0.1, 0.15) is 16.0 Å². The molecular formula is C14H9F6N3OS.